The summed E-state index contributed by atoms with van der Waals surface area (Å²) in [7, 11) is 1.44. The maximum absolute atomic E-state index is 11.9. The summed E-state index contributed by atoms with van der Waals surface area (Å²) >= 11 is 0. The topological polar surface area (TPSA) is 91.7 Å². The smallest absolute Gasteiger partial charge is 0.246 e. The van der Waals surface area contributed by atoms with Crippen molar-refractivity contribution >= 4 is 17.7 Å². The summed E-state index contributed by atoms with van der Waals surface area (Å²) in [5.74, 6) is -0.148. The van der Waals surface area contributed by atoms with Crippen molar-refractivity contribution in [3.63, 3.8) is 0 Å². The van der Waals surface area contributed by atoms with Gasteiger partial charge in [-0.2, -0.15) is 0 Å². The second kappa shape index (κ2) is 5.87. The maximum atomic E-state index is 11.9. The van der Waals surface area contributed by atoms with E-state index in [-0.39, 0.29) is 30.7 Å². The number of nitrogens with zero attached hydrogens (tertiary/aromatic N) is 1. The number of carbonyl (C=O) groups is 3. The molecule has 1 aliphatic rings. The summed E-state index contributed by atoms with van der Waals surface area (Å²) in [6, 6.07) is 2.30. The number of amides is 3. The SMILES string of the molecule is CC(NC1CC(=O)N(C)C1=O)C(=O)NCc1ccco1. The predicted octanol–water partition coefficient (Wildman–Crippen LogP) is -0.369. The quantitative estimate of drug-likeness (QED) is 0.718. The molecule has 2 N–H and O–H groups in total. The van der Waals surface area contributed by atoms with Gasteiger partial charge in [-0.05, 0) is 19.1 Å². The molecule has 2 unspecified atom stereocenters. The molecule has 108 valence electrons. The van der Waals surface area contributed by atoms with E-state index in [1.165, 1.54) is 13.3 Å². The number of hydrogen-bond donors (Lipinski definition) is 2. The fraction of sp³-hybridized carbons (Fsp3) is 0.462. The van der Waals surface area contributed by atoms with E-state index in [0.29, 0.717) is 5.76 Å². The third-order valence-electron chi connectivity index (χ3n) is 3.24. The van der Waals surface area contributed by atoms with Crippen molar-refractivity contribution < 1.29 is 18.8 Å². The molecule has 0 spiro atoms. The van der Waals surface area contributed by atoms with Crippen molar-refractivity contribution in [2.24, 2.45) is 0 Å². The average Bonchev–Trinajstić information content (AvgIpc) is 3.02. The van der Waals surface area contributed by atoms with Crippen LogP contribution < -0.4 is 10.6 Å². The lowest BCUT2D eigenvalue weighted by atomic mass is 10.2. The Balaban J connectivity index is 1.82. The van der Waals surface area contributed by atoms with Crippen LogP contribution in [0.5, 0.6) is 0 Å². The Labute approximate surface area is 116 Å². The minimum Gasteiger partial charge on any atom is -0.467 e. The Morgan fingerprint density at radius 2 is 2.30 bits per heavy atom. The monoisotopic (exact) mass is 279 g/mol. The van der Waals surface area contributed by atoms with E-state index in [4.69, 9.17) is 4.42 Å². The molecule has 1 fully saturated rings. The molecular formula is C13H17N3O4. The highest BCUT2D eigenvalue weighted by Gasteiger charge is 2.37. The fourth-order valence-electron chi connectivity index (χ4n) is 2.00. The number of nitrogens with one attached hydrogen (secondary N) is 2. The largest absolute Gasteiger partial charge is 0.467 e. The highest BCUT2D eigenvalue weighted by atomic mass is 16.3. The summed E-state index contributed by atoms with van der Waals surface area (Å²) in [4.78, 5) is 36.0. The van der Waals surface area contributed by atoms with Crippen LogP contribution in [0.1, 0.15) is 19.1 Å². The number of imide groups is 1. The van der Waals surface area contributed by atoms with Crippen LogP contribution in [0.4, 0.5) is 0 Å². The molecule has 1 aliphatic heterocycles. The Morgan fingerprint density at radius 1 is 1.55 bits per heavy atom. The van der Waals surface area contributed by atoms with Gasteiger partial charge in [0.1, 0.15) is 5.76 Å². The highest BCUT2D eigenvalue weighted by Crippen LogP contribution is 2.11. The first kappa shape index (κ1) is 14.3. The standard InChI is InChI=1S/C13H17N3O4/c1-8(12(18)14-7-9-4-3-5-20-9)15-10-6-11(17)16(2)13(10)19/h3-5,8,10,15H,6-7H2,1-2H3,(H,14,18). The molecular weight excluding hydrogens is 262 g/mol. The Hall–Kier alpha value is -2.15. The number of rotatable bonds is 5. The van der Waals surface area contributed by atoms with Gasteiger partial charge in [0.05, 0.1) is 31.3 Å². The van der Waals surface area contributed by atoms with E-state index in [9.17, 15) is 14.4 Å². The van der Waals surface area contributed by atoms with E-state index < -0.39 is 12.1 Å². The number of likely N-dealkylation sites (tertiary alicyclic amines) is 1. The molecule has 1 saturated heterocycles. The average molecular weight is 279 g/mol. The molecule has 0 saturated carbocycles. The Kier molecular flexibility index (Phi) is 4.19. The van der Waals surface area contributed by atoms with Crippen LogP contribution in [-0.4, -0.2) is 41.8 Å². The first-order valence-electron chi connectivity index (χ1n) is 6.35. The van der Waals surface area contributed by atoms with Crippen molar-refractivity contribution in [2.75, 3.05) is 7.05 Å². The molecule has 7 heteroatoms. The predicted molar refractivity (Wildman–Crippen MR) is 69.3 cm³/mol. The van der Waals surface area contributed by atoms with E-state index in [1.54, 1.807) is 19.1 Å². The molecule has 2 heterocycles. The van der Waals surface area contributed by atoms with Gasteiger partial charge >= 0.3 is 0 Å². The van der Waals surface area contributed by atoms with E-state index in [0.717, 1.165) is 4.90 Å². The van der Waals surface area contributed by atoms with Crippen LogP contribution in [0.15, 0.2) is 22.8 Å². The molecule has 1 aromatic heterocycles. The lowest BCUT2D eigenvalue weighted by Crippen LogP contribution is -2.48. The lowest BCUT2D eigenvalue weighted by Gasteiger charge is -2.17. The van der Waals surface area contributed by atoms with Crippen LogP contribution in [0, 0.1) is 0 Å². The first-order chi connectivity index (χ1) is 9.49. The zero-order valence-corrected chi connectivity index (χ0v) is 11.4. The first-order valence-corrected chi connectivity index (χ1v) is 6.35. The van der Waals surface area contributed by atoms with Crippen molar-refractivity contribution in [2.45, 2.75) is 32.0 Å². The van der Waals surface area contributed by atoms with Gasteiger partial charge in [-0.1, -0.05) is 0 Å². The third-order valence-corrected chi connectivity index (χ3v) is 3.24. The van der Waals surface area contributed by atoms with Crippen LogP contribution in [0.25, 0.3) is 0 Å². The summed E-state index contributed by atoms with van der Waals surface area (Å²) in [6.45, 7) is 1.93. The van der Waals surface area contributed by atoms with Gasteiger partial charge in [0.15, 0.2) is 0 Å². The van der Waals surface area contributed by atoms with Gasteiger partial charge in [0.2, 0.25) is 17.7 Å². The van der Waals surface area contributed by atoms with Gasteiger partial charge in [-0.15, -0.1) is 0 Å². The van der Waals surface area contributed by atoms with Crippen molar-refractivity contribution in [3.8, 4) is 0 Å². The van der Waals surface area contributed by atoms with Crippen LogP contribution >= 0.6 is 0 Å². The number of furan rings is 1. The number of likely N-dealkylation sites (N-methyl/N-ethyl adjacent to an activating group) is 1. The molecule has 2 rings (SSSR count). The highest BCUT2D eigenvalue weighted by molar-refractivity contribution is 6.05. The van der Waals surface area contributed by atoms with Gasteiger partial charge in [-0.25, -0.2) is 0 Å². The van der Waals surface area contributed by atoms with Crippen LogP contribution in [-0.2, 0) is 20.9 Å². The Morgan fingerprint density at radius 3 is 2.85 bits per heavy atom. The zero-order chi connectivity index (χ0) is 14.7. The van der Waals surface area contributed by atoms with Crippen molar-refractivity contribution in [3.05, 3.63) is 24.2 Å². The lowest BCUT2D eigenvalue weighted by molar-refractivity contribution is -0.137. The molecule has 20 heavy (non-hydrogen) atoms. The molecule has 0 bridgehead atoms. The van der Waals surface area contributed by atoms with Gasteiger partial charge in [0, 0.05) is 7.05 Å². The summed E-state index contributed by atoms with van der Waals surface area (Å²) in [6.07, 6.45) is 1.62. The molecule has 7 nitrogen and oxygen atoms in total. The summed E-state index contributed by atoms with van der Waals surface area (Å²) in [5.41, 5.74) is 0. The van der Waals surface area contributed by atoms with E-state index in [2.05, 4.69) is 10.6 Å². The Bertz CT molecular complexity index is 512. The third kappa shape index (κ3) is 3.05. The maximum Gasteiger partial charge on any atom is 0.246 e. The second-order valence-electron chi connectivity index (χ2n) is 4.73. The van der Waals surface area contributed by atoms with Gasteiger partial charge < -0.3 is 9.73 Å². The second-order valence-corrected chi connectivity index (χ2v) is 4.73. The zero-order valence-electron chi connectivity index (χ0n) is 11.4. The van der Waals surface area contributed by atoms with Crippen LogP contribution in [0.3, 0.4) is 0 Å². The molecule has 2 atom stereocenters. The molecule has 0 aliphatic carbocycles. The number of carbonyl (C=O) groups excluding carboxylic acids is 3. The van der Waals surface area contributed by atoms with Crippen molar-refractivity contribution in [1.29, 1.82) is 0 Å². The van der Waals surface area contributed by atoms with Gasteiger partial charge in [0.25, 0.3) is 0 Å². The molecule has 0 radical (unpaired) electrons. The van der Waals surface area contributed by atoms with Gasteiger partial charge in [-0.3, -0.25) is 24.6 Å². The molecule has 1 aromatic rings. The number of hydrogen-bond acceptors (Lipinski definition) is 5. The van der Waals surface area contributed by atoms with E-state index in [1.807, 2.05) is 0 Å². The normalized spacial score (nSPS) is 20.3. The van der Waals surface area contributed by atoms with E-state index >= 15 is 0 Å². The molecule has 3 amide bonds. The molecule has 0 aromatic carbocycles. The fourth-order valence-corrected chi connectivity index (χ4v) is 2.00. The van der Waals surface area contributed by atoms with Crippen molar-refractivity contribution in [1.82, 2.24) is 15.5 Å². The summed E-state index contributed by atoms with van der Waals surface area (Å²) in [5, 5.41) is 5.56. The minimum absolute atomic E-state index is 0.0884. The summed E-state index contributed by atoms with van der Waals surface area (Å²) < 4.78 is 5.10. The minimum atomic E-state index is -0.628. The van der Waals surface area contributed by atoms with Crippen LogP contribution in [0.2, 0.25) is 0 Å².